The van der Waals surface area contributed by atoms with Crippen molar-refractivity contribution in [3.8, 4) is 0 Å². The molecule has 0 N–H and O–H groups in total. The lowest BCUT2D eigenvalue weighted by molar-refractivity contribution is -0.402. The predicted octanol–water partition coefficient (Wildman–Crippen LogP) is 7.77. The van der Waals surface area contributed by atoms with E-state index >= 15 is 8.78 Å². The molecule has 0 aliphatic carbocycles. The number of nitrogens with zero attached hydrogens (tertiary/aromatic N) is 1. The quantitative estimate of drug-likeness (QED) is 0.353. The van der Waals surface area contributed by atoms with Crippen LogP contribution in [0, 0.1) is 0 Å². The highest BCUT2D eigenvalue weighted by Gasteiger charge is 2.85. The molecule has 2 aromatic carbocycles. The second-order valence-corrected chi connectivity index (χ2v) is 8.26. The fourth-order valence-corrected chi connectivity index (χ4v) is 3.83. The summed E-state index contributed by atoms with van der Waals surface area (Å²) in [4.78, 5) is 3.69. The number of rotatable bonds is 4. The minimum atomic E-state index is -7.02. The van der Waals surface area contributed by atoms with E-state index in [4.69, 9.17) is 11.6 Å². The van der Waals surface area contributed by atoms with E-state index in [9.17, 15) is 30.7 Å². The van der Waals surface area contributed by atoms with E-state index < -0.39 is 41.3 Å². The van der Waals surface area contributed by atoms with Crippen molar-refractivity contribution >= 4 is 39.4 Å². The zero-order valence-corrected chi connectivity index (χ0v) is 17.3. The van der Waals surface area contributed by atoms with E-state index in [-0.39, 0.29) is 16.3 Å². The van der Waals surface area contributed by atoms with Crippen LogP contribution in [0.15, 0.2) is 51.9 Å². The summed E-state index contributed by atoms with van der Waals surface area (Å²) < 4.78 is 125. The zero-order valence-electron chi connectivity index (χ0n) is 14.9. The van der Waals surface area contributed by atoms with Crippen molar-refractivity contribution in [2.24, 2.45) is 4.99 Å². The van der Waals surface area contributed by atoms with Gasteiger partial charge in [0.15, 0.2) is 0 Å². The van der Waals surface area contributed by atoms with Crippen LogP contribution in [0.4, 0.5) is 45.2 Å². The van der Waals surface area contributed by atoms with Crippen molar-refractivity contribution in [2.75, 3.05) is 0 Å². The number of halogens is 11. The standard InChI is InChI=1S/C19H10BrClF9N/c20-12-3-6-14-10(7-12)8-15(9-31-14,11-1-4-13(21)5-2-11)16(22,23)17(24,25)18(26,27)19(28,29)30/h1-7,9H,8H2/t15-/m0/s1. The van der Waals surface area contributed by atoms with E-state index in [0.29, 0.717) is 10.7 Å². The van der Waals surface area contributed by atoms with Crippen LogP contribution in [0.1, 0.15) is 11.1 Å². The van der Waals surface area contributed by atoms with Crippen molar-refractivity contribution in [2.45, 2.75) is 35.8 Å². The molecule has 0 aromatic heterocycles. The van der Waals surface area contributed by atoms with Gasteiger partial charge in [-0.05, 0) is 47.9 Å². The lowest BCUT2D eigenvalue weighted by Crippen LogP contribution is -2.68. The van der Waals surface area contributed by atoms with Gasteiger partial charge < -0.3 is 0 Å². The van der Waals surface area contributed by atoms with Crippen LogP contribution in [0.25, 0.3) is 0 Å². The van der Waals surface area contributed by atoms with E-state index in [2.05, 4.69) is 20.9 Å². The summed E-state index contributed by atoms with van der Waals surface area (Å²) in [5, 5.41) is 0.00508. The van der Waals surface area contributed by atoms with Gasteiger partial charge in [-0.2, -0.15) is 39.5 Å². The number of hydrogen-bond donors (Lipinski definition) is 0. The van der Waals surface area contributed by atoms with Crippen molar-refractivity contribution in [3.05, 3.63) is 63.1 Å². The topological polar surface area (TPSA) is 12.4 Å². The monoisotopic (exact) mass is 537 g/mol. The van der Waals surface area contributed by atoms with Crippen LogP contribution in [-0.4, -0.2) is 30.2 Å². The first-order valence-corrected chi connectivity index (χ1v) is 9.54. The van der Waals surface area contributed by atoms with Gasteiger partial charge in [-0.1, -0.05) is 39.7 Å². The van der Waals surface area contributed by atoms with E-state index in [1.807, 2.05) is 0 Å². The maximum Gasteiger partial charge on any atom is 0.460 e. The Morgan fingerprint density at radius 2 is 1.42 bits per heavy atom. The summed E-state index contributed by atoms with van der Waals surface area (Å²) in [7, 11) is 0. The van der Waals surface area contributed by atoms with Gasteiger partial charge in [0.1, 0.15) is 5.41 Å². The van der Waals surface area contributed by atoms with Crippen molar-refractivity contribution < 1.29 is 39.5 Å². The minimum Gasteiger partial charge on any atom is -0.260 e. The van der Waals surface area contributed by atoms with E-state index in [1.165, 1.54) is 18.2 Å². The highest BCUT2D eigenvalue weighted by atomic mass is 79.9. The average molecular weight is 539 g/mol. The molecular weight excluding hydrogens is 529 g/mol. The maximum absolute atomic E-state index is 15.3. The molecule has 1 nitrogen and oxygen atoms in total. The number of fused-ring (bicyclic) bond motifs is 1. The fourth-order valence-electron chi connectivity index (χ4n) is 3.30. The Morgan fingerprint density at radius 1 is 0.839 bits per heavy atom. The molecule has 1 aliphatic rings. The molecule has 2 aromatic rings. The highest BCUT2D eigenvalue weighted by Crippen LogP contribution is 2.60. The molecule has 168 valence electrons. The Labute approximate surface area is 183 Å². The molecule has 1 atom stereocenters. The molecule has 0 bridgehead atoms. The second kappa shape index (κ2) is 7.40. The van der Waals surface area contributed by atoms with Crippen LogP contribution in [0.2, 0.25) is 5.02 Å². The number of alkyl halides is 9. The second-order valence-electron chi connectivity index (χ2n) is 6.91. The number of aliphatic imine (C=N–C) groups is 1. The lowest BCUT2D eigenvalue weighted by atomic mass is 9.67. The molecular formula is C19H10BrClF9N. The largest absolute Gasteiger partial charge is 0.460 e. The number of benzene rings is 2. The van der Waals surface area contributed by atoms with Crippen LogP contribution in [0.5, 0.6) is 0 Å². The first-order chi connectivity index (χ1) is 14.1. The smallest absolute Gasteiger partial charge is 0.260 e. The van der Waals surface area contributed by atoms with Crippen LogP contribution in [-0.2, 0) is 11.8 Å². The molecule has 31 heavy (non-hydrogen) atoms. The van der Waals surface area contributed by atoms with Gasteiger partial charge in [0.25, 0.3) is 0 Å². The fraction of sp³-hybridized carbons (Fsp3) is 0.316. The van der Waals surface area contributed by atoms with Gasteiger partial charge in [0.05, 0.1) is 5.69 Å². The highest BCUT2D eigenvalue weighted by molar-refractivity contribution is 9.10. The maximum atomic E-state index is 15.3. The third-order valence-corrected chi connectivity index (χ3v) is 5.74. The zero-order chi connectivity index (χ0) is 23.5. The summed E-state index contributed by atoms with van der Waals surface area (Å²) in [6.45, 7) is 0. The summed E-state index contributed by atoms with van der Waals surface area (Å²) in [6, 6.07) is 7.82. The van der Waals surface area contributed by atoms with Crippen molar-refractivity contribution in [3.63, 3.8) is 0 Å². The van der Waals surface area contributed by atoms with Crippen LogP contribution < -0.4 is 0 Å². The Balaban J connectivity index is 2.29. The first-order valence-electron chi connectivity index (χ1n) is 8.37. The Bertz CT molecular complexity index is 1020. The number of hydrogen-bond acceptors (Lipinski definition) is 1. The van der Waals surface area contributed by atoms with Crippen LogP contribution in [0.3, 0.4) is 0 Å². The molecule has 1 aliphatic heterocycles. The Morgan fingerprint density at radius 3 is 1.97 bits per heavy atom. The van der Waals surface area contributed by atoms with Crippen molar-refractivity contribution in [1.82, 2.24) is 0 Å². The molecule has 0 saturated heterocycles. The summed E-state index contributed by atoms with van der Waals surface area (Å²) >= 11 is 8.76. The summed E-state index contributed by atoms with van der Waals surface area (Å²) in [5.74, 6) is -19.8. The predicted molar refractivity (Wildman–Crippen MR) is 100 cm³/mol. The van der Waals surface area contributed by atoms with E-state index in [1.54, 1.807) is 0 Å². The molecule has 12 heteroatoms. The van der Waals surface area contributed by atoms with Gasteiger partial charge in [-0.25, -0.2) is 0 Å². The summed E-state index contributed by atoms with van der Waals surface area (Å²) in [5.41, 5.74) is -3.97. The molecule has 0 fully saturated rings. The average Bonchev–Trinajstić information content (AvgIpc) is 2.66. The van der Waals surface area contributed by atoms with Crippen molar-refractivity contribution in [1.29, 1.82) is 0 Å². The van der Waals surface area contributed by atoms with Gasteiger partial charge in [-0.15, -0.1) is 0 Å². The molecule has 0 spiro atoms. The Hall–Kier alpha value is -1.75. The first kappa shape index (κ1) is 23.9. The van der Waals surface area contributed by atoms with Crippen LogP contribution >= 0.6 is 27.5 Å². The SMILES string of the molecule is FC(F)(F)C(F)(F)C(F)(F)C(F)(F)[C@]1(c2ccc(Cl)cc2)C=Nc2ccc(Br)cc2C1. The minimum absolute atomic E-state index is 0.00508. The summed E-state index contributed by atoms with van der Waals surface area (Å²) in [6.07, 6.45) is -7.65. The van der Waals surface area contributed by atoms with Gasteiger partial charge >= 0.3 is 23.9 Å². The lowest BCUT2D eigenvalue weighted by Gasteiger charge is -2.45. The molecule has 3 rings (SSSR count). The molecule has 1 heterocycles. The van der Waals surface area contributed by atoms with E-state index in [0.717, 1.165) is 24.3 Å². The Kier molecular flexibility index (Phi) is 5.70. The third-order valence-electron chi connectivity index (χ3n) is 5.00. The van der Waals surface area contributed by atoms with Gasteiger partial charge in [0.2, 0.25) is 0 Å². The molecule has 0 radical (unpaired) electrons. The molecule has 0 saturated carbocycles. The molecule has 0 unspecified atom stereocenters. The molecule has 0 amide bonds. The normalized spacial score (nSPS) is 20.0. The van der Waals surface area contributed by atoms with Gasteiger partial charge in [-0.3, -0.25) is 4.99 Å². The van der Waals surface area contributed by atoms with Gasteiger partial charge in [0, 0.05) is 15.7 Å². The third kappa shape index (κ3) is 3.53.